The zero-order valence-electron chi connectivity index (χ0n) is 49.8. The van der Waals surface area contributed by atoms with Crippen LogP contribution in [-0.2, 0) is 10.8 Å². The molecule has 82 heavy (non-hydrogen) atoms. The predicted molar refractivity (Wildman–Crippen MR) is 356 cm³/mol. The van der Waals surface area contributed by atoms with E-state index in [1.165, 1.54) is 222 Å². The van der Waals surface area contributed by atoms with Crippen LogP contribution in [0.25, 0.3) is 65.7 Å². The largest absolute Gasteiger partial charge is 0.356 e. The van der Waals surface area contributed by atoms with Crippen LogP contribution in [0.1, 0.15) is 196 Å². The maximum absolute atomic E-state index is 3.90. The van der Waals surface area contributed by atoms with Crippen molar-refractivity contribution in [3.8, 4) is 33.4 Å². The van der Waals surface area contributed by atoms with Gasteiger partial charge < -0.3 is 10.6 Å². The first kappa shape index (κ1) is 55.4. The molecule has 418 valence electrons. The van der Waals surface area contributed by atoms with E-state index in [4.69, 9.17) is 0 Å². The van der Waals surface area contributed by atoms with Crippen molar-refractivity contribution in [2.75, 3.05) is 10.6 Å². The van der Waals surface area contributed by atoms with Crippen molar-refractivity contribution in [2.45, 2.75) is 179 Å². The molecule has 0 radical (unpaired) electrons. The molecule has 3 aliphatic rings. The zero-order valence-corrected chi connectivity index (χ0v) is 49.8. The third-order valence-corrected chi connectivity index (χ3v) is 19.5. The highest BCUT2D eigenvalue weighted by Crippen LogP contribution is 2.57. The molecule has 0 aromatic heterocycles. The van der Waals surface area contributed by atoms with Crippen LogP contribution in [0.2, 0.25) is 0 Å². The second kappa shape index (κ2) is 25.1. The molecular formula is C80H88N2. The Morgan fingerprint density at radius 1 is 0.354 bits per heavy atom. The van der Waals surface area contributed by atoms with E-state index in [1.807, 2.05) is 0 Å². The van der Waals surface area contributed by atoms with Crippen LogP contribution in [0.15, 0.2) is 194 Å². The van der Waals surface area contributed by atoms with Crippen LogP contribution in [-0.4, -0.2) is 0 Å². The number of hydrogen-bond acceptors (Lipinski definition) is 2. The lowest BCUT2D eigenvalue weighted by molar-refractivity contribution is 0.401. The molecule has 0 spiro atoms. The van der Waals surface area contributed by atoms with Crippen LogP contribution in [0.3, 0.4) is 0 Å². The van der Waals surface area contributed by atoms with Gasteiger partial charge in [-0.1, -0.05) is 264 Å². The van der Waals surface area contributed by atoms with Gasteiger partial charge in [-0.25, -0.2) is 0 Å². The zero-order chi connectivity index (χ0) is 55.9. The summed E-state index contributed by atoms with van der Waals surface area (Å²) in [4.78, 5) is 0. The van der Waals surface area contributed by atoms with Gasteiger partial charge in [-0.05, 0) is 180 Å². The molecule has 0 aliphatic heterocycles. The van der Waals surface area contributed by atoms with Gasteiger partial charge in [0.2, 0.25) is 0 Å². The number of hydrogen-bond donors (Lipinski definition) is 2. The second-order valence-electron chi connectivity index (χ2n) is 24.8. The minimum Gasteiger partial charge on any atom is -0.356 e. The summed E-state index contributed by atoms with van der Waals surface area (Å²) in [6.07, 6.45) is 33.8. The van der Waals surface area contributed by atoms with E-state index in [2.05, 4.69) is 226 Å². The lowest BCUT2D eigenvalue weighted by Crippen LogP contribution is -2.25. The highest BCUT2D eigenvalue weighted by atomic mass is 14.9. The Kier molecular flexibility index (Phi) is 17.0. The molecule has 0 fully saturated rings. The third-order valence-electron chi connectivity index (χ3n) is 19.5. The standard InChI is InChI=1S/C80H88N2/c1-5-9-13-23-49-79(50-24-14-10-6-2)75-31-21-19-29-69(75)71-47-43-63(55-77(71)79)81-61-39-33-57(34-40-61)59-37-45-67-68-46-38-60(54-74(68)66-28-18-17-27-65(66)73(67)53-59)58-35-41-62(42-36-58)82-64-44-48-72-70-30-20-22-32-76(70)80(78(72)56-64,51-25-15-11-7-3)52-26-16-12-8-4/h17-22,27-35,37-48,53-56,58,81-82H,5-16,23-26,36,49-52H2,1-4H3. The van der Waals surface area contributed by atoms with Crippen molar-refractivity contribution in [3.63, 3.8) is 0 Å². The van der Waals surface area contributed by atoms with Crippen LogP contribution in [0.4, 0.5) is 17.1 Å². The molecule has 3 aliphatic carbocycles. The van der Waals surface area contributed by atoms with Gasteiger partial charge in [0.05, 0.1) is 0 Å². The molecule has 9 aromatic carbocycles. The maximum Gasteiger partial charge on any atom is 0.0387 e. The van der Waals surface area contributed by atoms with E-state index in [9.17, 15) is 0 Å². The average molecular weight is 1080 g/mol. The van der Waals surface area contributed by atoms with Gasteiger partial charge in [0.25, 0.3) is 0 Å². The van der Waals surface area contributed by atoms with Crippen LogP contribution in [0.5, 0.6) is 0 Å². The van der Waals surface area contributed by atoms with E-state index in [0.29, 0.717) is 5.92 Å². The number of benzene rings is 9. The Labute approximate surface area is 491 Å². The Hall–Kier alpha value is -7.16. The summed E-state index contributed by atoms with van der Waals surface area (Å²) in [5.41, 5.74) is 20.6. The monoisotopic (exact) mass is 1080 g/mol. The first-order valence-corrected chi connectivity index (χ1v) is 32.3. The Balaban J connectivity index is 0.767. The highest BCUT2D eigenvalue weighted by Gasteiger charge is 2.43. The first-order chi connectivity index (χ1) is 40.4. The van der Waals surface area contributed by atoms with E-state index in [1.54, 1.807) is 16.7 Å². The SMILES string of the molecule is CCCCCCC1(CCCCCC)c2ccccc2-c2ccc(NC3=CCC(c4ccc5c6ccc(-c7ccc(Nc8ccc9c(c8)C(CCCCCC)(CCCCCC)c8ccccc8-9)cc7)cc6c6ccccc6c5c4)C=C3)cc21. The predicted octanol–water partition coefficient (Wildman–Crippen LogP) is 24.0. The van der Waals surface area contributed by atoms with Crippen molar-refractivity contribution < 1.29 is 0 Å². The van der Waals surface area contributed by atoms with Gasteiger partial charge >= 0.3 is 0 Å². The van der Waals surface area contributed by atoms with Crippen molar-refractivity contribution >= 4 is 49.4 Å². The van der Waals surface area contributed by atoms with Gasteiger partial charge in [-0.2, -0.15) is 0 Å². The average Bonchev–Trinajstić information content (AvgIpc) is 4.19. The van der Waals surface area contributed by atoms with Crippen molar-refractivity contribution in [2.24, 2.45) is 0 Å². The summed E-state index contributed by atoms with van der Waals surface area (Å²) in [7, 11) is 0. The molecule has 12 rings (SSSR count). The molecule has 1 unspecified atom stereocenters. The van der Waals surface area contributed by atoms with Crippen LogP contribution < -0.4 is 10.6 Å². The highest BCUT2D eigenvalue weighted by molar-refractivity contribution is 6.26. The molecular weight excluding hydrogens is 989 g/mol. The van der Waals surface area contributed by atoms with E-state index < -0.39 is 0 Å². The third kappa shape index (κ3) is 10.9. The number of rotatable bonds is 26. The van der Waals surface area contributed by atoms with Gasteiger partial charge in [0.15, 0.2) is 0 Å². The Morgan fingerprint density at radius 3 is 1.30 bits per heavy atom. The Morgan fingerprint density at radius 2 is 0.793 bits per heavy atom. The molecule has 0 bridgehead atoms. The number of allylic oxidation sites excluding steroid dienone is 3. The molecule has 1 atom stereocenters. The molecule has 0 saturated heterocycles. The summed E-state index contributed by atoms with van der Waals surface area (Å²) in [5, 5.41) is 15.6. The van der Waals surface area contributed by atoms with Crippen molar-refractivity contribution in [1.82, 2.24) is 0 Å². The molecule has 2 nitrogen and oxygen atoms in total. The number of unbranched alkanes of at least 4 members (excludes halogenated alkanes) is 12. The van der Waals surface area contributed by atoms with Crippen LogP contribution in [0, 0.1) is 0 Å². The fourth-order valence-electron chi connectivity index (χ4n) is 15.2. The lowest BCUT2D eigenvalue weighted by atomic mass is 9.70. The maximum atomic E-state index is 3.90. The van der Waals surface area contributed by atoms with Crippen molar-refractivity contribution in [1.29, 1.82) is 0 Å². The van der Waals surface area contributed by atoms with Crippen LogP contribution >= 0.6 is 0 Å². The smallest absolute Gasteiger partial charge is 0.0387 e. The molecule has 2 N–H and O–H groups in total. The normalized spacial score (nSPS) is 15.4. The molecule has 2 heteroatoms. The van der Waals surface area contributed by atoms with E-state index >= 15 is 0 Å². The van der Waals surface area contributed by atoms with Gasteiger partial charge in [-0.3, -0.25) is 0 Å². The second-order valence-corrected chi connectivity index (χ2v) is 24.8. The summed E-state index contributed by atoms with van der Waals surface area (Å²) < 4.78 is 0. The number of nitrogens with one attached hydrogen (secondary N) is 2. The first-order valence-electron chi connectivity index (χ1n) is 32.3. The number of fused-ring (bicyclic) bond motifs is 12. The molecule has 0 amide bonds. The van der Waals surface area contributed by atoms with E-state index in [0.717, 1.165) is 12.1 Å². The summed E-state index contributed by atoms with van der Waals surface area (Å²) in [6.45, 7) is 9.30. The quantitative estimate of drug-likeness (QED) is 0.0417. The van der Waals surface area contributed by atoms with Gasteiger partial charge in [0.1, 0.15) is 0 Å². The lowest BCUT2D eigenvalue weighted by Gasteiger charge is -2.33. The van der Waals surface area contributed by atoms with Gasteiger partial charge in [-0.15, -0.1) is 0 Å². The topological polar surface area (TPSA) is 24.1 Å². The Bertz CT molecular complexity index is 3710. The molecule has 0 heterocycles. The fraction of sp³-hybridized carbons (Fsp3) is 0.350. The summed E-state index contributed by atoms with van der Waals surface area (Å²) in [6, 6.07) is 65.7. The fourth-order valence-corrected chi connectivity index (χ4v) is 15.2. The minimum atomic E-state index is 0.0734. The van der Waals surface area contributed by atoms with E-state index in [-0.39, 0.29) is 10.8 Å². The summed E-state index contributed by atoms with van der Waals surface area (Å²) >= 11 is 0. The summed E-state index contributed by atoms with van der Waals surface area (Å²) in [5.74, 6) is 0.312. The van der Waals surface area contributed by atoms with Gasteiger partial charge in [0, 0.05) is 39.5 Å². The number of anilines is 3. The minimum absolute atomic E-state index is 0.0734. The molecule has 0 saturated carbocycles. The van der Waals surface area contributed by atoms with Crippen molar-refractivity contribution in [3.05, 3.63) is 222 Å². The molecule has 9 aromatic rings.